The molecule has 144 valence electrons. The zero-order valence-corrected chi connectivity index (χ0v) is 17.5. The molecule has 1 aliphatic rings. The van der Waals surface area contributed by atoms with Crippen LogP contribution in [0.5, 0.6) is 5.75 Å². The van der Waals surface area contributed by atoms with Gasteiger partial charge in [-0.05, 0) is 48.9 Å². The smallest absolute Gasteiger partial charge is 0.280 e. The summed E-state index contributed by atoms with van der Waals surface area (Å²) in [5.41, 5.74) is 3.91. The second-order valence-electron chi connectivity index (χ2n) is 6.65. The first-order valence-corrected chi connectivity index (χ1v) is 10.0. The van der Waals surface area contributed by atoms with Crippen LogP contribution in [0.2, 0.25) is 0 Å². The van der Waals surface area contributed by atoms with Crippen molar-refractivity contribution >= 4 is 39.3 Å². The van der Waals surface area contributed by atoms with Crippen molar-refractivity contribution in [2.45, 2.75) is 13.5 Å². The number of ether oxygens (including phenoxy) is 1. The maximum Gasteiger partial charge on any atom is 0.280 e. The molecule has 0 fully saturated rings. The lowest BCUT2D eigenvalue weighted by atomic mass is 10.1. The summed E-state index contributed by atoms with van der Waals surface area (Å²) in [5.74, 6) is 0.582. The van der Waals surface area contributed by atoms with Crippen molar-refractivity contribution in [1.82, 2.24) is 0 Å². The molecule has 0 saturated heterocycles. The Morgan fingerprint density at radius 2 is 1.66 bits per heavy atom. The minimum Gasteiger partial charge on any atom is -0.488 e. The van der Waals surface area contributed by atoms with Crippen LogP contribution in [0.3, 0.4) is 0 Å². The van der Waals surface area contributed by atoms with Gasteiger partial charge in [-0.1, -0.05) is 64.5 Å². The van der Waals surface area contributed by atoms with E-state index < -0.39 is 0 Å². The van der Waals surface area contributed by atoms with E-state index in [-0.39, 0.29) is 5.91 Å². The number of para-hydroxylation sites is 2. The summed E-state index contributed by atoms with van der Waals surface area (Å²) < 4.78 is 7.06. The molecule has 3 aromatic rings. The summed E-state index contributed by atoms with van der Waals surface area (Å²) in [6.45, 7) is 2.29. The van der Waals surface area contributed by atoms with Crippen molar-refractivity contribution in [2.75, 3.05) is 5.01 Å². The summed E-state index contributed by atoms with van der Waals surface area (Å²) in [7, 11) is 0. The molecule has 0 spiro atoms. The van der Waals surface area contributed by atoms with Gasteiger partial charge < -0.3 is 4.74 Å². The number of carbonyl (C=O) groups excluding carboxylic acids is 1. The second-order valence-corrected chi connectivity index (χ2v) is 7.56. The maximum atomic E-state index is 12.9. The fourth-order valence-electron chi connectivity index (χ4n) is 3.06. The third-order valence-corrected chi connectivity index (χ3v) is 5.12. The number of rotatable bonds is 5. The van der Waals surface area contributed by atoms with E-state index >= 15 is 0 Å². The van der Waals surface area contributed by atoms with Gasteiger partial charge in [0.25, 0.3) is 5.91 Å². The van der Waals surface area contributed by atoms with Crippen molar-refractivity contribution in [3.8, 4) is 5.75 Å². The van der Waals surface area contributed by atoms with E-state index in [2.05, 4.69) is 21.0 Å². The molecule has 1 heterocycles. The first kappa shape index (κ1) is 19.2. The molecule has 1 aliphatic heterocycles. The predicted octanol–water partition coefficient (Wildman–Crippen LogP) is 5.83. The highest BCUT2D eigenvalue weighted by molar-refractivity contribution is 9.10. The molecule has 4 rings (SSSR count). The van der Waals surface area contributed by atoms with Crippen LogP contribution in [-0.4, -0.2) is 11.6 Å². The van der Waals surface area contributed by atoms with E-state index in [1.165, 1.54) is 5.01 Å². The van der Waals surface area contributed by atoms with Crippen molar-refractivity contribution in [3.63, 3.8) is 0 Å². The second kappa shape index (κ2) is 8.45. The largest absolute Gasteiger partial charge is 0.488 e. The van der Waals surface area contributed by atoms with Gasteiger partial charge in [0, 0.05) is 10.0 Å². The molecule has 0 bridgehead atoms. The lowest BCUT2D eigenvalue weighted by Crippen LogP contribution is -2.21. The van der Waals surface area contributed by atoms with Crippen molar-refractivity contribution in [2.24, 2.45) is 5.10 Å². The van der Waals surface area contributed by atoms with Gasteiger partial charge in [0.1, 0.15) is 12.4 Å². The molecule has 0 aliphatic carbocycles. The van der Waals surface area contributed by atoms with Crippen LogP contribution >= 0.6 is 15.9 Å². The number of carbonyl (C=O) groups is 1. The molecule has 0 N–H and O–H groups in total. The number of halogens is 1. The van der Waals surface area contributed by atoms with E-state index in [1.54, 1.807) is 0 Å². The van der Waals surface area contributed by atoms with Crippen LogP contribution in [0.25, 0.3) is 6.08 Å². The summed E-state index contributed by atoms with van der Waals surface area (Å²) in [6.07, 6.45) is 1.85. The van der Waals surface area contributed by atoms with E-state index in [1.807, 2.05) is 91.9 Å². The Balaban J connectivity index is 1.57. The van der Waals surface area contributed by atoms with E-state index in [0.29, 0.717) is 17.9 Å². The van der Waals surface area contributed by atoms with Crippen LogP contribution < -0.4 is 9.75 Å². The molecule has 3 aromatic carbocycles. The van der Waals surface area contributed by atoms with Gasteiger partial charge >= 0.3 is 0 Å². The zero-order valence-electron chi connectivity index (χ0n) is 15.9. The average Bonchev–Trinajstić information content (AvgIpc) is 3.03. The van der Waals surface area contributed by atoms with Gasteiger partial charge in [-0.3, -0.25) is 4.79 Å². The standard InChI is InChI=1S/C24H19BrN2O2/c1-17-22(24(28)27(26-17)21-8-3-2-4-9-21)15-19-7-5-6-10-23(19)29-16-18-11-13-20(25)14-12-18/h2-15H,16H2,1H3/b22-15+. The molecule has 4 nitrogen and oxygen atoms in total. The molecule has 5 heteroatoms. The van der Waals surface area contributed by atoms with Crippen molar-refractivity contribution in [3.05, 3.63) is 100 Å². The number of benzene rings is 3. The van der Waals surface area contributed by atoms with Crippen LogP contribution in [0.1, 0.15) is 18.1 Å². The number of amides is 1. The number of hydrazone groups is 1. The first-order valence-electron chi connectivity index (χ1n) is 9.25. The zero-order chi connectivity index (χ0) is 20.2. The molecular formula is C24H19BrN2O2. The minimum absolute atomic E-state index is 0.142. The number of hydrogen-bond donors (Lipinski definition) is 0. The lowest BCUT2D eigenvalue weighted by molar-refractivity contribution is -0.114. The van der Waals surface area contributed by atoms with E-state index in [4.69, 9.17) is 4.74 Å². The molecular weight excluding hydrogens is 428 g/mol. The number of anilines is 1. The fourth-order valence-corrected chi connectivity index (χ4v) is 3.32. The van der Waals surface area contributed by atoms with E-state index in [9.17, 15) is 4.79 Å². The van der Waals surface area contributed by atoms with Crippen LogP contribution in [0.15, 0.2) is 94.0 Å². The van der Waals surface area contributed by atoms with Gasteiger partial charge in [0.15, 0.2) is 0 Å². The minimum atomic E-state index is -0.142. The summed E-state index contributed by atoms with van der Waals surface area (Å²) >= 11 is 3.44. The first-order chi connectivity index (χ1) is 14.1. The highest BCUT2D eigenvalue weighted by Crippen LogP contribution is 2.28. The Bertz CT molecular complexity index is 1090. The molecule has 0 unspecified atom stereocenters. The SMILES string of the molecule is CC1=NN(c2ccccc2)C(=O)/C1=C/c1ccccc1OCc1ccc(Br)cc1. The van der Waals surface area contributed by atoms with Crippen LogP contribution in [0.4, 0.5) is 5.69 Å². The summed E-state index contributed by atoms with van der Waals surface area (Å²) in [5, 5.41) is 5.87. The molecule has 29 heavy (non-hydrogen) atoms. The lowest BCUT2D eigenvalue weighted by Gasteiger charge is -2.12. The Kier molecular flexibility index (Phi) is 5.58. The average molecular weight is 447 g/mol. The molecule has 1 amide bonds. The van der Waals surface area contributed by atoms with Gasteiger partial charge in [0.2, 0.25) is 0 Å². The molecule has 0 saturated carbocycles. The number of nitrogens with zero attached hydrogens (tertiary/aromatic N) is 2. The third kappa shape index (κ3) is 4.30. The Hall–Kier alpha value is -3.18. The van der Waals surface area contributed by atoms with Gasteiger partial charge in [0.05, 0.1) is 17.0 Å². The van der Waals surface area contributed by atoms with Crippen molar-refractivity contribution in [1.29, 1.82) is 0 Å². The third-order valence-electron chi connectivity index (χ3n) is 4.59. The fraction of sp³-hybridized carbons (Fsp3) is 0.0833. The Morgan fingerprint density at radius 3 is 2.41 bits per heavy atom. The molecule has 0 atom stereocenters. The predicted molar refractivity (Wildman–Crippen MR) is 120 cm³/mol. The van der Waals surface area contributed by atoms with E-state index in [0.717, 1.165) is 27.0 Å². The normalized spacial score (nSPS) is 15.0. The maximum absolute atomic E-state index is 12.9. The monoisotopic (exact) mass is 446 g/mol. The van der Waals surface area contributed by atoms with Gasteiger partial charge in [-0.15, -0.1) is 0 Å². The Labute approximate surface area is 178 Å². The van der Waals surface area contributed by atoms with Crippen LogP contribution in [0, 0.1) is 0 Å². The topological polar surface area (TPSA) is 41.9 Å². The number of hydrogen-bond acceptors (Lipinski definition) is 3. The highest BCUT2D eigenvalue weighted by Gasteiger charge is 2.28. The van der Waals surface area contributed by atoms with Gasteiger partial charge in [-0.25, -0.2) is 0 Å². The molecule has 0 radical (unpaired) electrons. The quantitative estimate of drug-likeness (QED) is 0.462. The summed E-state index contributed by atoms with van der Waals surface area (Å²) in [4.78, 5) is 12.9. The Morgan fingerprint density at radius 1 is 0.966 bits per heavy atom. The van der Waals surface area contributed by atoms with Crippen LogP contribution in [-0.2, 0) is 11.4 Å². The summed E-state index contributed by atoms with van der Waals surface area (Å²) in [6, 6.07) is 25.1. The molecule has 0 aromatic heterocycles. The van der Waals surface area contributed by atoms with Crippen molar-refractivity contribution < 1.29 is 9.53 Å². The highest BCUT2D eigenvalue weighted by atomic mass is 79.9. The van der Waals surface area contributed by atoms with Gasteiger partial charge in [-0.2, -0.15) is 10.1 Å².